The molecule has 0 amide bonds. The molecule has 1 heterocycles. The number of esters is 2. The highest BCUT2D eigenvalue weighted by molar-refractivity contribution is 6.04. The van der Waals surface area contributed by atoms with Gasteiger partial charge in [-0.2, -0.15) is 0 Å². The predicted molar refractivity (Wildman–Crippen MR) is 41.3 cm³/mol. The van der Waals surface area contributed by atoms with Crippen LogP contribution < -0.4 is 5.32 Å². The smallest absolute Gasteiger partial charge is 0.338 e. The minimum Gasteiger partial charge on any atom is -0.395 e. The molecule has 12 heavy (non-hydrogen) atoms. The van der Waals surface area contributed by atoms with Crippen LogP contribution in [-0.4, -0.2) is 37.2 Å². The summed E-state index contributed by atoms with van der Waals surface area (Å²) < 4.78 is 3.97. The number of hydrogen-bond donors (Lipinski definition) is 2. The maximum absolute atomic E-state index is 9.92. The van der Waals surface area contributed by atoms with E-state index in [1.165, 1.54) is 0 Å². The summed E-state index contributed by atoms with van der Waals surface area (Å²) in [6, 6.07) is 0. The van der Waals surface area contributed by atoms with Crippen molar-refractivity contribution in [2.75, 3.05) is 20.2 Å². The minimum absolute atomic E-state index is 0.233. The lowest BCUT2D eigenvalue weighted by Crippen LogP contribution is -2.10. The maximum atomic E-state index is 9.92. The Morgan fingerprint density at radius 1 is 1.42 bits per heavy atom. The fourth-order valence-corrected chi connectivity index (χ4v) is 0.415. The van der Waals surface area contributed by atoms with E-state index in [4.69, 9.17) is 5.11 Å². The molecule has 68 valence electrons. The van der Waals surface area contributed by atoms with Gasteiger partial charge in [-0.1, -0.05) is 0 Å². The van der Waals surface area contributed by atoms with Crippen molar-refractivity contribution in [3.63, 3.8) is 0 Å². The van der Waals surface area contributed by atoms with Crippen molar-refractivity contribution < 1.29 is 19.4 Å². The molecule has 1 aliphatic heterocycles. The molecule has 0 fully saturated rings. The lowest BCUT2D eigenvalue weighted by atomic mass is 10.6. The summed E-state index contributed by atoms with van der Waals surface area (Å²) in [6.45, 7) is 0.927. The average Bonchev–Trinajstić information content (AvgIpc) is 2.38. The quantitative estimate of drug-likeness (QED) is 0.406. The molecule has 0 aliphatic carbocycles. The van der Waals surface area contributed by atoms with E-state index in [0.29, 0.717) is 6.54 Å². The van der Waals surface area contributed by atoms with Crippen LogP contribution in [0.1, 0.15) is 0 Å². The number of aliphatic hydroxyl groups excluding tert-OH is 1. The summed E-state index contributed by atoms with van der Waals surface area (Å²) in [5.41, 5.74) is 0. The lowest BCUT2D eigenvalue weighted by Gasteiger charge is -1.84. The number of cyclic esters (lactones) is 2. The average molecular weight is 173 g/mol. The Morgan fingerprint density at radius 3 is 2.00 bits per heavy atom. The van der Waals surface area contributed by atoms with Gasteiger partial charge in [0.1, 0.15) is 0 Å². The zero-order valence-corrected chi connectivity index (χ0v) is 6.74. The van der Waals surface area contributed by atoms with Crippen molar-refractivity contribution in [3.05, 3.63) is 12.2 Å². The molecule has 0 spiro atoms. The fraction of sp³-hybridized carbons (Fsp3) is 0.429. The Hall–Kier alpha value is -1.20. The van der Waals surface area contributed by atoms with Crippen LogP contribution in [0, 0.1) is 0 Å². The molecule has 2 N–H and O–H groups in total. The van der Waals surface area contributed by atoms with E-state index in [-0.39, 0.29) is 6.61 Å². The lowest BCUT2D eigenvalue weighted by molar-refractivity contribution is -0.150. The predicted octanol–water partition coefficient (Wildman–Crippen LogP) is -1.18. The van der Waals surface area contributed by atoms with Crippen molar-refractivity contribution in [1.29, 1.82) is 0 Å². The molecular formula is C7H11NO4. The molecule has 1 aliphatic rings. The Kier molecular flexibility index (Phi) is 5.86. The van der Waals surface area contributed by atoms with Gasteiger partial charge < -0.3 is 15.2 Å². The molecule has 5 heteroatoms. The topological polar surface area (TPSA) is 75.6 Å². The molecule has 0 radical (unpaired) electrons. The number of ether oxygens (including phenoxy) is 1. The van der Waals surface area contributed by atoms with Crippen LogP contribution in [-0.2, 0) is 14.3 Å². The van der Waals surface area contributed by atoms with E-state index in [1.54, 1.807) is 7.05 Å². The second-order valence-electron chi connectivity index (χ2n) is 1.90. The standard InChI is InChI=1S/C4H2O3.C3H9NO/c5-3-1-2-4(6)7-3;1-4-2-3-5/h1-2H;4-5H,2-3H2,1H3. The third-order valence-corrected chi connectivity index (χ3v) is 0.918. The fourth-order valence-electron chi connectivity index (χ4n) is 0.415. The number of carbonyl (C=O) groups is 2. The Morgan fingerprint density at radius 2 is 1.92 bits per heavy atom. The first-order valence-corrected chi connectivity index (χ1v) is 3.40. The summed E-state index contributed by atoms with van der Waals surface area (Å²) in [6.07, 6.45) is 2.17. The number of carbonyl (C=O) groups excluding carboxylic acids is 2. The highest BCUT2D eigenvalue weighted by Crippen LogP contribution is 1.92. The summed E-state index contributed by atoms with van der Waals surface area (Å²) in [5, 5.41) is 10.8. The van der Waals surface area contributed by atoms with Gasteiger partial charge in [-0.3, -0.25) is 0 Å². The normalized spacial score (nSPS) is 13.8. The maximum Gasteiger partial charge on any atom is 0.338 e. The van der Waals surface area contributed by atoms with Gasteiger partial charge in [0.2, 0.25) is 0 Å². The van der Waals surface area contributed by atoms with E-state index < -0.39 is 11.9 Å². The van der Waals surface area contributed by atoms with Crippen LogP contribution in [0.4, 0.5) is 0 Å². The van der Waals surface area contributed by atoms with Gasteiger partial charge in [0.25, 0.3) is 0 Å². The summed E-state index contributed by atoms with van der Waals surface area (Å²) in [4.78, 5) is 19.8. The van der Waals surface area contributed by atoms with Crippen LogP contribution in [0.5, 0.6) is 0 Å². The number of aliphatic hydroxyl groups is 1. The molecular weight excluding hydrogens is 162 g/mol. The molecule has 0 aromatic carbocycles. The minimum atomic E-state index is -0.579. The van der Waals surface area contributed by atoms with Crippen LogP contribution in [0.15, 0.2) is 12.2 Å². The summed E-state index contributed by atoms with van der Waals surface area (Å²) >= 11 is 0. The van der Waals surface area contributed by atoms with Crippen LogP contribution in [0.3, 0.4) is 0 Å². The van der Waals surface area contributed by atoms with Crippen molar-refractivity contribution >= 4 is 11.9 Å². The van der Waals surface area contributed by atoms with Crippen molar-refractivity contribution in [2.24, 2.45) is 0 Å². The zero-order valence-electron chi connectivity index (χ0n) is 6.74. The van der Waals surface area contributed by atoms with E-state index in [1.807, 2.05) is 0 Å². The van der Waals surface area contributed by atoms with Crippen LogP contribution >= 0.6 is 0 Å². The van der Waals surface area contributed by atoms with Crippen LogP contribution in [0.2, 0.25) is 0 Å². The Bertz CT molecular complexity index is 170. The molecule has 0 saturated carbocycles. The van der Waals surface area contributed by atoms with Gasteiger partial charge in [-0.15, -0.1) is 0 Å². The second-order valence-corrected chi connectivity index (χ2v) is 1.90. The molecule has 0 aromatic rings. The Balaban J connectivity index is 0.000000217. The van der Waals surface area contributed by atoms with Gasteiger partial charge in [0.15, 0.2) is 0 Å². The van der Waals surface area contributed by atoms with Crippen LogP contribution in [0.25, 0.3) is 0 Å². The van der Waals surface area contributed by atoms with E-state index in [0.717, 1.165) is 12.2 Å². The third kappa shape index (κ3) is 5.57. The first kappa shape index (κ1) is 10.8. The van der Waals surface area contributed by atoms with Gasteiger partial charge >= 0.3 is 11.9 Å². The highest BCUT2D eigenvalue weighted by Gasteiger charge is 2.10. The van der Waals surface area contributed by atoms with E-state index in [9.17, 15) is 9.59 Å². The summed E-state index contributed by atoms with van der Waals surface area (Å²) in [7, 11) is 1.80. The van der Waals surface area contributed by atoms with Crippen molar-refractivity contribution in [1.82, 2.24) is 5.32 Å². The highest BCUT2D eigenvalue weighted by atomic mass is 16.6. The number of likely N-dealkylation sites (N-methyl/N-ethyl adjacent to an activating group) is 1. The third-order valence-electron chi connectivity index (χ3n) is 0.918. The van der Waals surface area contributed by atoms with Gasteiger partial charge in [-0.05, 0) is 7.05 Å². The largest absolute Gasteiger partial charge is 0.395 e. The SMILES string of the molecule is CNCCO.O=C1C=CC(=O)O1. The second kappa shape index (κ2) is 6.51. The summed E-state index contributed by atoms with van der Waals surface area (Å²) in [5.74, 6) is -1.16. The molecule has 5 nitrogen and oxygen atoms in total. The molecule has 0 unspecified atom stereocenters. The van der Waals surface area contributed by atoms with Crippen molar-refractivity contribution in [3.8, 4) is 0 Å². The first-order chi connectivity index (χ1) is 5.70. The van der Waals surface area contributed by atoms with Gasteiger partial charge in [-0.25, -0.2) is 9.59 Å². The van der Waals surface area contributed by atoms with Gasteiger partial charge in [0, 0.05) is 18.7 Å². The zero-order chi connectivity index (χ0) is 9.40. The van der Waals surface area contributed by atoms with E-state index in [2.05, 4.69) is 10.1 Å². The first-order valence-electron chi connectivity index (χ1n) is 3.40. The number of hydrogen-bond acceptors (Lipinski definition) is 5. The molecule has 0 bridgehead atoms. The molecule has 1 rings (SSSR count). The Labute approximate surface area is 70.0 Å². The van der Waals surface area contributed by atoms with Gasteiger partial charge in [0.05, 0.1) is 6.61 Å². The molecule has 0 saturated heterocycles. The van der Waals surface area contributed by atoms with Crippen molar-refractivity contribution in [2.45, 2.75) is 0 Å². The number of nitrogens with one attached hydrogen (secondary N) is 1. The molecule has 0 atom stereocenters. The van der Waals surface area contributed by atoms with E-state index >= 15 is 0 Å². The molecule has 0 aromatic heterocycles. The monoisotopic (exact) mass is 173 g/mol. The number of rotatable bonds is 2.